The van der Waals surface area contributed by atoms with Crippen LogP contribution in [-0.2, 0) is 10.9 Å². The Morgan fingerprint density at radius 2 is 2.15 bits per heavy atom. The first-order valence-corrected chi connectivity index (χ1v) is 6.43. The highest BCUT2D eigenvalue weighted by Crippen LogP contribution is 2.34. The fourth-order valence-electron chi connectivity index (χ4n) is 2.49. The number of carbonyl (C=O) groups is 1. The third-order valence-electron chi connectivity index (χ3n) is 3.52. The van der Waals surface area contributed by atoms with Crippen molar-refractivity contribution in [2.45, 2.75) is 24.9 Å². The van der Waals surface area contributed by atoms with E-state index < -0.39 is 17.7 Å². The molecule has 0 bridgehead atoms. The monoisotopic (exact) mass is 287 g/mol. The molecule has 0 amide bonds. The molecule has 1 aliphatic rings. The number of piperidine rings is 1. The van der Waals surface area contributed by atoms with E-state index in [2.05, 4.69) is 10.1 Å². The first-order chi connectivity index (χ1) is 9.43. The molecule has 1 heterocycles. The molecule has 2 rings (SSSR count). The van der Waals surface area contributed by atoms with Crippen molar-refractivity contribution in [2.24, 2.45) is 0 Å². The number of hydrogen-bond acceptors (Lipinski definition) is 3. The van der Waals surface area contributed by atoms with E-state index in [1.54, 1.807) is 0 Å². The Labute approximate surface area is 115 Å². The summed E-state index contributed by atoms with van der Waals surface area (Å²) in [5, 5.41) is 3.14. The Bertz CT molecular complexity index is 494. The first kappa shape index (κ1) is 14.8. The maximum Gasteiger partial charge on any atom is 0.416 e. The lowest BCUT2D eigenvalue weighted by Gasteiger charge is -2.25. The molecule has 0 aromatic heterocycles. The molecule has 110 valence electrons. The van der Waals surface area contributed by atoms with Crippen LogP contribution in [0.15, 0.2) is 18.2 Å². The van der Waals surface area contributed by atoms with Crippen molar-refractivity contribution in [1.29, 1.82) is 0 Å². The number of esters is 1. The van der Waals surface area contributed by atoms with Crippen LogP contribution in [0.1, 0.15) is 40.2 Å². The van der Waals surface area contributed by atoms with Gasteiger partial charge in [0.2, 0.25) is 0 Å². The maximum absolute atomic E-state index is 12.8. The maximum atomic E-state index is 12.8. The van der Waals surface area contributed by atoms with Crippen LogP contribution in [0, 0.1) is 0 Å². The third kappa shape index (κ3) is 3.12. The lowest BCUT2D eigenvalue weighted by atomic mass is 9.87. The van der Waals surface area contributed by atoms with Crippen molar-refractivity contribution < 1.29 is 22.7 Å². The van der Waals surface area contributed by atoms with Crippen molar-refractivity contribution in [3.63, 3.8) is 0 Å². The molecule has 1 aromatic carbocycles. The Hall–Kier alpha value is -1.56. The molecule has 0 aliphatic carbocycles. The van der Waals surface area contributed by atoms with E-state index in [-0.39, 0.29) is 11.5 Å². The topological polar surface area (TPSA) is 38.3 Å². The Morgan fingerprint density at radius 1 is 1.40 bits per heavy atom. The average molecular weight is 287 g/mol. The second-order valence-corrected chi connectivity index (χ2v) is 4.83. The molecule has 0 radical (unpaired) electrons. The summed E-state index contributed by atoms with van der Waals surface area (Å²) in [4.78, 5) is 11.7. The first-order valence-electron chi connectivity index (χ1n) is 6.43. The number of halogens is 3. The minimum atomic E-state index is -4.41. The summed E-state index contributed by atoms with van der Waals surface area (Å²) >= 11 is 0. The predicted molar refractivity (Wildman–Crippen MR) is 67.6 cm³/mol. The highest BCUT2D eigenvalue weighted by molar-refractivity contribution is 5.91. The summed E-state index contributed by atoms with van der Waals surface area (Å²) in [6.45, 7) is 1.42. The SMILES string of the molecule is COC(=O)c1ccc(C(F)(F)F)cc1C1CCCNC1. The Kier molecular flexibility index (Phi) is 4.32. The van der Waals surface area contributed by atoms with Crippen LogP contribution in [0.2, 0.25) is 0 Å². The number of benzene rings is 1. The van der Waals surface area contributed by atoms with E-state index in [1.165, 1.54) is 13.2 Å². The van der Waals surface area contributed by atoms with Crippen molar-refractivity contribution >= 4 is 5.97 Å². The molecule has 1 N–H and O–H groups in total. The second-order valence-electron chi connectivity index (χ2n) is 4.83. The standard InChI is InChI=1S/C14H16F3NO2/c1-20-13(19)11-5-4-10(14(15,16)17)7-12(11)9-3-2-6-18-8-9/h4-5,7,9,18H,2-3,6,8H2,1H3. The summed E-state index contributed by atoms with van der Waals surface area (Å²) in [7, 11) is 1.23. The van der Waals surface area contributed by atoms with Gasteiger partial charge in [0.25, 0.3) is 0 Å². The number of hydrogen-bond donors (Lipinski definition) is 1. The van der Waals surface area contributed by atoms with Crippen LogP contribution in [0.5, 0.6) is 0 Å². The van der Waals surface area contributed by atoms with Gasteiger partial charge in [0.1, 0.15) is 0 Å². The number of rotatable bonds is 2. The number of nitrogens with one attached hydrogen (secondary N) is 1. The van der Waals surface area contributed by atoms with Crippen LogP contribution in [0.25, 0.3) is 0 Å². The Balaban J connectivity index is 2.44. The Morgan fingerprint density at radius 3 is 2.70 bits per heavy atom. The zero-order chi connectivity index (χ0) is 14.8. The minimum absolute atomic E-state index is 0.0971. The summed E-state index contributed by atoms with van der Waals surface area (Å²) in [6.07, 6.45) is -2.77. The van der Waals surface area contributed by atoms with Gasteiger partial charge in [0.15, 0.2) is 0 Å². The molecular formula is C14H16F3NO2. The minimum Gasteiger partial charge on any atom is -0.465 e. The van der Waals surface area contributed by atoms with Crippen LogP contribution < -0.4 is 5.32 Å². The summed E-state index contributed by atoms with van der Waals surface area (Å²) in [6, 6.07) is 3.20. The number of ether oxygens (including phenoxy) is 1. The van der Waals surface area contributed by atoms with Gasteiger partial charge in [-0.1, -0.05) is 0 Å². The zero-order valence-corrected chi connectivity index (χ0v) is 11.1. The van der Waals surface area contributed by atoms with Gasteiger partial charge in [-0.3, -0.25) is 0 Å². The third-order valence-corrected chi connectivity index (χ3v) is 3.52. The number of carbonyl (C=O) groups excluding carboxylic acids is 1. The molecule has 0 spiro atoms. The molecule has 0 saturated carbocycles. The molecule has 1 saturated heterocycles. The van der Waals surface area contributed by atoms with Gasteiger partial charge < -0.3 is 10.1 Å². The van der Waals surface area contributed by atoms with Crippen LogP contribution in [0.4, 0.5) is 13.2 Å². The summed E-state index contributed by atoms with van der Waals surface area (Å²) in [5.74, 6) is -0.695. The van der Waals surface area contributed by atoms with Crippen LogP contribution >= 0.6 is 0 Å². The van der Waals surface area contributed by atoms with Crippen molar-refractivity contribution in [2.75, 3.05) is 20.2 Å². The molecule has 1 aliphatic heterocycles. The predicted octanol–water partition coefficient (Wildman–Crippen LogP) is 2.96. The van der Waals surface area contributed by atoms with Gasteiger partial charge in [-0.2, -0.15) is 13.2 Å². The van der Waals surface area contributed by atoms with Gasteiger partial charge in [0, 0.05) is 6.54 Å². The molecule has 1 unspecified atom stereocenters. The molecule has 6 heteroatoms. The number of alkyl halides is 3. The fourth-order valence-corrected chi connectivity index (χ4v) is 2.49. The van der Waals surface area contributed by atoms with Gasteiger partial charge in [0.05, 0.1) is 18.2 Å². The van der Waals surface area contributed by atoms with E-state index in [0.29, 0.717) is 12.1 Å². The largest absolute Gasteiger partial charge is 0.465 e. The normalized spacial score (nSPS) is 19.7. The van der Waals surface area contributed by atoms with Gasteiger partial charge in [-0.05, 0) is 49.1 Å². The highest BCUT2D eigenvalue weighted by atomic mass is 19.4. The number of methoxy groups -OCH3 is 1. The van der Waals surface area contributed by atoms with Crippen molar-refractivity contribution in [3.8, 4) is 0 Å². The van der Waals surface area contributed by atoms with Gasteiger partial charge in [-0.15, -0.1) is 0 Å². The van der Waals surface area contributed by atoms with E-state index in [4.69, 9.17) is 0 Å². The van der Waals surface area contributed by atoms with E-state index >= 15 is 0 Å². The van der Waals surface area contributed by atoms with E-state index in [9.17, 15) is 18.0 Å². The van der Waals surface area contributed by atoms with E-state index in [1.807, 2.05) is 0 Å². The highest BCUT2D eigenvalue weighted by Gasteiger charge is 2.33. The summed E-state index contributed by atoms with van der Waals surface area (Å²) < 4.78 is 43.1. The zero-order valence-electron chi connectivity index (χ0n) is 11.1. The van der Waals surface area contributed by atoms with Crippen LogP contribution in [-0.4, -0.2) is 26.2 Å². The summed E-state index contributed by atoms with van der Waals surface area (Å²) in [5.41, 5.74) is -0.0983. The van der Waals surface area contributed by atoms with Gasteiger partial charge >= 0.3 is 12.1 Å². The van der Waals surface area contributed by atoms with Crippen molar-refractivity contribution in [1.82, 2.24) is 5.32 Å². The lowest BCUT2D eigenvalue weighted by molar-refractivity contribution is -0.137. The van der Waals surface area contributed by atoms with Crippen LogP contribution in [0.3, 0.4) is 0 Å². The molecule has 20 heavy (non-hydrogen) atoms. The molecular weight excluding hydrogens is 271 g/mol. The molecule has 1 fully saturated rings. The molecule has 1 aromatic rings. The average Bonchev–Trinajstić information content (AvgIpc) is 2.46. The van der Waals surface area contributed by atoms with Crippen molar-refractivity contribution in [3.05, 3.63) is 34.9 Å². The smallest absolute Gasteiger partial charge is 0.416 e. The van der Waals surface area contributed by atoms with Gasteiger partial charge in [-0.25, -0.2) is 4.79 Å². The van der Waals surface area contributed by atoms with E-state index in [0.717, 1.165) is 31.5 Å². The fraction of sp³-hybridized carbons (Fsp3) is 0.500. The second kappa shape index (κ2) is 5.83. The molecule has 1 atom stereocenters. The molecule has 3 nitrogen and oxygen atoms in total. The lowest BCUT2D eigenvalue weighted by Crippen LogP contribution is -2.29. The quantitative estimate of drug-likeness (QED) is 0.850.